The molecule has 0 spiro atoms. The van der Waals surface area contributed by atoms with Crippen LogP contribution in [0, 0.1) is 0 Å². The van der Waals surface area contributed by atoms with E-state index in [9.17, 15) is 9.59 Å². The number of hydrogen-bond donors (Lipinski definition) is 2. The average Bonchev–Trinajstić information content (AvgIpc) is 2.76. The second kappa shape index (κ2) is 10.6. The van der Waals surface area contributed by atoms with Crippen LogP contribution in [0.2, 0.25) is 0 Å². The Morgan fingerprint density at radius 2 is 1.59 bits per heavy atom. The van der Waals surface area contributed by atoms with E-state index in [1.54, 1.807) is 20.8 Å². The Balaban J connectivity index is 1.73. The van der Waals surface area contributed by atoms with Gasteiger partial charge in [0.15, 0.2) is 0 Å². The van der Waals surface area contributed by atoms with Gasteiger partial charge in [-0.2, -0.15) is 12.6 Å². The van der Waals surface area contributed by atoms with Gasteiger partial charge in [-0.25, -0.2) is 4.79 Å². The first-order chi connectivity index (χ1) is 15.2. The first-order valence-electron chi connectivity index (χ1n) is 10.6. The van der Waals surface area contributed by atoms with Crippen molar-refractivity contribution in [1.29, 1.82) is 0 Å². The van der Waals surface area contributed by atoms with Crippen molar-refractivity contribution in [3.8, 4) is 0 Å². The van der Waals surface area contributed by atoms with Crippen molar-refractivity contribution in [3.05, 3.63) is 83.9 Å². The molecule has 5 nitrogen and oxygen atoms in total. The van der Waals surface area contributed by atoms with Crippen LogP contribution < -0.4 is 5.32 Å². The van der Waals surface area contributed by atoms with Crippen LogP contribution in [0.5, 0.6) is 0 Å². The summed E-state index contributed by atoms with van der Waals surface area (Å²) in [4.78, 5) is 24.4. The largest absolute Gasteiger partial charge is 0.459 e. The predicted octanol–water partition coefficient (Wildman–Crippen LogP) is 5.49. The van der Waals surface area contributed by atoms with E-state index < -0.39 is 23.8 Å². The van der Waals surface area contributed by atoms with Crippen LogP contribution in [0.4, 0.5) is 4.79 Å². The maximum absolute atomic E-state index is 12.5. The molecule has 2 atom stereocenters. The molecule has 0 aliphatic carbocycles. The van der Waals surface area contributed by atoms with Gasteiger partial charge in [-0.1, -0.05) is 72.8 Å². The lowest BCUT2D eigenvalue weighted by molar-refractivity contribution is -0.147. The molecule has 0 aliphatic rings. The molecule has 0 aromatic heterocycles. The molecule has 32 heavy (non-hydrogen) atoms. The predicted molar refractivity (Wildman–Crippen MR) is 130 cm³/mol. The maximum Gasteiger partial charge on any atom is 0.408 e. The number of carbonyl (C=O) groups excluding carboxylic acids is 2. The van der Waals surface area contributed by atoms with Gasteiger partial charge >= 0.3 is 12.1 Å². The number of alkyl carbamates (subject to hydrolysis) is 1. The number of amides is 1. The highest BCUT2D eigenvalue weighted by Crippen LogP contribution is 2.29. The van der Waals surface area contributed by atoms with Crippen molar-refractivity contribution >= 4 is 35.5 Å². The third-order valence-corrected chi connectivity index (χ3v) is 5.43. The minimum Gasteiger partial charge on any atom is -0.459 e. The minimum atomic E-state index is -0.661. The number of thiol groups is 1. The highest BCUT2D eigenvalue weighted by atomic mass is 32.1. The number of benzene rings is 3. The fourth-order valence-electron chi connectivity index (χ4n) is 3.35. The zero-order chi connectivity index (χ0) is 23.1. The average molecular weight is 452 g/mol. The van der Waals surface area contributed by atoms with Gasteiger partial charge in [-0.3, -0.25) is 4.79 Å². The summed E-state index contributed by atoms with van der Waals surface area (Å²) in [7, 11) is 0. The van der Waals surface area contributed by atoms with E-state index in [0.717, 1.165) is 21.9 Å². The van der Waals surface area contributed by atoms with Gasteiger partial charge in [-0.05, 0) is 42.7 Å². The summed E-state index contributed by atoms with van der Waals surface area (Å²) >= 11 is 4.77. The number of carbonyl (C=O) groups is 2. The smallest absolute Gasteiger partial charge is 0.408 e. The number of nitrogens with one attached hydrogen (secondary N) is 1. The molecule has 0 saturated heterocycles. The second-order valence-corrected chi connectivity index (χ2v) is 9.18. The lowest BCUT2D eigenvalue weighted by Gasteiger charge is -2.25. The highest BCUT2D eigenvalue weighted by molar-refractivity contribution is 7.80. The number of hydrogen-bond acceptors (Lipinski definition) is 5. The zero-order valence-electron chi connectivity index (χ0n) is 18.6. The van der Waals surface area contributed by atoms with E-state index in [-0.39, 0.29) is 11.8 Å². The Labute approximate surface area is 194 Å². The molecule has 6 heteroatoms. The number of esters is 1. The molecule has 0 fully saturated rings. The first kappa shape index (κ1) is 23.7. The van der Waals surface area contributed by atoms with Gasteiger partial charge < -0.3 is 14.8 Å². The highest BCUT2D eigenvalue weighted by Gasteiger charge is 2.25. The van der Waals surface area contributed by atoms with Crippen molar-refractivity contribution in [2.24, 2.45) is 0 Å². The third-order valence-electron chi connectivity index (χ3n) is 4.80. The minimum absolute atomic E-state index is 0.279. The van der Waals surface area contributed by atoms with Crippen molar-refractivity contribution in [2.75, 3.05) is 6.54 Å². The molecule has 0 heterocycles. The SMILES string of the molecule is CC(C)(C)OC(=O)NCC(=O)OC(Cc1ccc2ccccc2c1)C(S)c1ccccc1. The van der Waals surface area contributed by atoms with Crippen molar-refractivity contribution in [3.63, 3.8) is 0 Å². The number of fused-ring (bicyclic) bond motifs is 1. The van der Waals surface area contributed by atoms with Crippen molar-refractivity contribution in [1.82, 2.24) is 5.32 Å². The Morgan fingerprint density at radius 1 is 0.938 bits per heavy atom. The van der Waals surface area contributed by atoms with Crippen LogP contribution in [0.25, 0.3) is 10.8 Å². The first-order valence-corrected chi connectivity index (χ1v) is 11.1. The van der Waals surface area contributed by atoms with Crippen molar-refractivity contribution in [2.45, 2.75) is 44.1 Å². The van der Waals surface area contributed by atoms with Gasteiger partial charge in [0, 0.05) is 6.42 Å². The lowest BCUT2D eigenvalue weighted by atomic mass is 9.98. The Bertz CT molecular complexity index is 1060. The summed E-state index contributed by atoms with van der Waals surface area (Å²) < 4.78 is 11.0. The molecule has 0 aliphatic heterocycles. The van der Waals surface area contributed by atoms with Gasteiger partial charge in [-0.15, -0.1) is 0 Å². The van der Waals surface area contributed by atoms with Gasteiger partial charge in [0.2, 0.25) is 0 Å². The standard InChI is InChI=1S/C26H29NO4S/c1-26(2,3)31-25(29)27-17-23(28)30-22(24(32)20-10-5-4-6-11-20)16-18-13-14-19-9-7-8-12-21(19)15-18/h4-15,22,24,32H,16-17H2,1-3H3,(H,27,29). The molecule has 168 valence electrons. The quantitative estimate of drug-likeness (QED) is 0.368. The Kier molecular flexibility index (Phi) is 7.80. The van der Waals surface area contributed by atoms with E-state index in [1.165, 1.54) is 0 Å². The van der Waals surface area contributed by atoms with Crippen LogP contribution in [0.15, 0.2) is 72.8 Å². The Morgan fingerprint density at radius 3 is 2.28 bits per heavy atom. The summed E-state index contributed by atoms with van der Waals surface area (Å²) in [6, 6.07) is 24.0. The molecule has 0 radical (unpaired) electrons. The molecule has 1 amide bonds. The molecule has 1 N–H and O–H groups in total. The van der Waals surface area contributed by atoms with Gasteiger partial charge in [0.1, 0.15) is 18.2 Å². The monoisotopic (exact) mass is 451 g/mol. The molecular weight excluding hydrogens is 422 g/mol. The summed E-state index contributed by atoms with van der Waals surface area (Å²) in [6.07, 6.45) is -0.688. The topological polar surface area (TPSA) is 64.6 Å². The number of rotatable bonds is 7. The lowest BCUT2D eigenvalue weighted by Crippen LogP contribution is -2.37. The van der Waals surface area contributed by atoms with E-state index in [4.69, 9.17) is 22.1 Å². The third kappa shape index (κ3) is 7.02. The fourth-order valence-corrected chi connectivity index (χ4v) is 3.69. The van der Waals surface area contributed by atoms with E-state index in [1.807, 2.05) is 48.5 Å². The zero-order valence-corrected chi connectivity index (χ0v) is 19.5. The van der Waals surface area contributed by atoms with E-state index in [0.29, 0.717) is 6.42 Å². The number of ether oxygens (including phenoxy) is 2. The maximum atomic E-state index is 12.5. The Hall–Kier alpha value is -2.99. The summed E-state index contributed by atoms with van der Waals surface area (Å²) in [6.45, 7) is 5.00. The van der Waals surface area contributed by atoms with Crippen LogP contribution in [-0.2, 0) is 20.7 Å². The van der Waals surface area contributed by atoms with Gasteiger partial charge in [0.25, 0.3) is 0 Å². The fraction of sp³-hybridized carbons (Fsp3) is 0.308. The van der Waals surface area contributed by atoms with Crippen LogP contribution in [-0.4, -0.2) is 30.3 Å². The van der Waals surface area contributed by atoms with Gasteiger partial charge in [0.05, 0.1) is 5.25 Å². The van der Waals surface area contributed by atoms with Crippen LogP contribution in [0.1, 0.15) is 37.1 Å². The second-order valence-electron chi connectivity index (χ2n) is 8.62. The van der Waals surface area contributed by atoms with Crippen LogP contribution in [0.3, 0.4) is 0 Å². The molecule has 0 saturated carbocycles. The van der Waals surface area contributed by atoms with E-state index >= 15 is 0 Å². The molecule has 2 unspecified atom stereocenters. The summed E-state index contributed by atoms with van der Waals surface area (Å²) in [5, 5.41) is 4.40. The van der Waals surface area contributed by atoms with E-state index in [2.05, 4.69) is 29.6 Å². The molecule has 3 aromatic carbocycles. The summed E-state index contributed by atoms with van der Waals surface area (Å²) in [5.41, 5.74) is 1.35. The summed E-state index contributed by atoms with van der Waals surface area (Å²) in [5.74, 6) is -0.545. The van der Waals surface area contributed by atoms with Crippen LogP contribution >= 0.6 is 12.6 Å². The van der Waals surface area contributed by atoms with Crippen molar-refractivity contribution < 1.29 is 19.1 Å². The molecule has 3 rings (SSSR count). The molecule has 0 bridgehead atoms. The molecular formula is C26H29NO4S. The molecule has 3 aromatic rings. The normalized spacial score (nSPS) is 13.2.